The molecule has 1 atom stereocenters. The zero-order valence-corrected chi connectivity index (χ0v) is 10.0. The summed E-state index contributed by atoms with van der Waals surface area (Å²) in [4.78, 5) is 13.2. The first kappa shape index (κ1) is 12.7. The number of nitrogens with zero attached hydrogens (tertiary/aromatic N) is 1. The van der Waals surface area contributed by atoms with Gasteiger partial charge < -0.3 is 10.6 Å². The first-order chi connectivity index (χ1) is 7.61. The van der Waals surface area contributed by atoms with Crippen LogP contribution in [0.4, 0.5) is 0 Å². The summed E-state index contributed by atoms with van der Waals surface area (Å²) in [7, 11) is 1.80. The van der Waals surface area contributed by atoms with Crippen LogP contribution in [0.15, 0.2) is 30.3 Å². The summed E-state index contributed by atoms with van der Waals surface area (Å²) in [6.07, 6.45) is 1.97. The van der Waals surface area contributed by atoms with Crippen molar-refractivity contribution in [3.63, 3.8) is 0 Å². The fourth-order valence-corrected chi connectivity index (χ4v) is 1.62. The van der Waals surface area contributed by atoms with Crippen molar-refractivity contribution in [2.45, 2.75) is 25.8 Å². The van der Waals surface area contributed by atoms with Gasteiger partial charge in [0.05, 0.1) is 6.04 Å². The molecule has 0 heterocycles. The summed E-state index contributed by atoms with van der Waals surface area (Å²) in [5, 5.41) is 0. The molecule has 1 aromatic carbocycles. The molecule has 0 aromatic heterocycles. The number of amides is 1. The molecule has 16 heavy (non-hydrogen) atoms. The number of carbonyl (C=O) groups is 1. The maximum atomic E-state index is 11.5. The molecule has 0 aliphatic rings. The van der Waals surface area contributed by atoms with E-state index in [0.29, 0.717) is 0 Å². The zero-order valence-electron chi connectivity index (χ0n) is 10.0. The maximum Gasteiger partial charge on any atom is 0.238 e. The highest BCUT2D eigenvalue weighted by molar-refractivity contribution is 5.80. The first-order valence-electron chi connectivity index (χ1n) is 5.65. The van der Waals surface area contributed by atoms with Crippen LogP contribution in [0, 0.1) is 0 Å². The number of benzene rings is 1. The average Bonchev–Trinajstić information content (AvgIpc) is 2.29. The van der Waals surface area contributed by atoms with Crippen LogP contribution in [0.5, 0.6) is 0 Å². The minimum absolute atomic E-state index is 0.00746. The first-order valence-corrected chi connectivity index (χ1v) is 5.65. The van der Waals surface area contributed by atoms with E-state index < -0.39 is 6.04 Å². The van der Waals surface area contributed by atoms with Gasteiger partial charge in [0.2, 0.25) is 5.91 Å². The summed E-state index contributed by atoms with van der Waals surface area (Å²) in [6, 6.07) is 9.88. The number of hydrogen-bond donors (Lipinski definition) is 1. The molecule has 0 aliphatic carbocycles. The predicted octanol–water partition coefficient (Wildman–Crippen LogP) is 1.42. The summed E-state index contributed by atoms with van der Waals surface area (Å²) in [5.74, 6) is 0.00746. The van der Waals surface area contributed by atoms with Gasteiger partial charge in [-0.05, 0) is 25.3 Å². The average molecular weight is 220 g/mol. The molecule has 0 aliphatic heterocycles. The van der Waals surface area contributed by atoms with E-state index in [1.165, 1.54) is 5.56 Å². The molecule has 3 nitrogen and oxygen atoms in total. The maximum absolute atomic E-state index is 11.5. The lowest BCUT2D eigenvalue weighted by molar-refractivity contribution is -0.130. The van der Waals surface area contributed by atoms with E-state index in [2.05, 4.69) is 12.1 Å². The van der Waals surface area contributed by atoms with Crippen molar-refractivity contribution in [2.24, 2.45) is 5.73 Å². The van der Waals surface area contributed by atoms with Crippen molar-refractivity contribution in [1.82, 2.24) is 4.90 Å². The van der Waals surface area contributed by atoms with Crippen LogP contribution in [0.25, 0.3) is 0 Å². The van der Waals surface area contributed by atoms with Crippen LogP contribution in [0.2, 0.25) is 0 Å². The van der Waals surface area contributed by atoms with Gasteiger partial charge in [-0.2, -0.15) is 0 Å². The topological polar surface area (TPSA) is 46.3 Å². The molecule has 0 fully saturated rings. The number of carbonyl (C=O) groups excluding carboxylic acids is 1. The number of hydrogen-bond acceptors (Lipinski definition) is 2. The van der Waals surface area contributed by atoms with Gasteiger partial charge in [0, 0.05) is 13.6 Å². The minimum atomic E-state index is -0.401. The number of rotatable bonds is 5. The van der Waals surface area contributed by atoms with E-state index in [0.717, 1.165) is 19.4 Å². The Morgan fingerprint density at radius 2 is 2.00 bits per heavy atom. The van der Waals surface area contributed by atoms with E-state index in [1.807, 2.05) is 18.2 Å². The van der Waals surface area contributed by atoms with Gasteiger partial charge in [0.1, 0.15) is 0 Å². The molecule has 1 amide bonds. The molecule has 0 unspecified atom stereocenters. The second kappa shape index (κ2) is 6.28. The molecule has 0 spiro atoms. The third kappa shape index (κ3) is 4.03. The van der Waals surface area contributed by atoms with Crippen molar-refractivity contribution in [2.75, 3.05) is 13.6 Å². The van der Waals surface area contributed by atoms with Gasteiger partial charge in [-0.1, -0.05) is 30.3 Å². The minimum Gasteiger partial charge on any atom is -0.344 e. The van der Waals surface area contributed by atoms with Crippen molar-refractivity contribution in [1.29, 1.82) is 0 Å². The highest BCUT2D eigenvalue weighted by atomic mass is 16.2. The number of aryl methyl sites for hydroxylation is 1. The lowest BCUT2D eigenvalue weighted by Crippen LogP contribution is -2.40. The molecule has 0 saturated carbocycles. The van der Waals surface area contributed by atoms with Gasteiger partial charge >= 0.3 is 0 Å². The Kier molecular flexibility index (Phi) is 4.99. The fourth-order valence-electron chi connectivity index (χ4n) is 1.62. The van der Waals surface area contributed by atoms with Gasteiger partial charge in [-0.3, -0.25) is 4.79 Å². The third-order valence-electron chi connectivity index (χ3n) is 2.57. The standard InChI is InChI=1S/C13H20N2O/c1-11(14)13(16)15(2)10-6-9-12-7-4-3-5-8-12/h3-5,7-8,11H,6,9-10,14H2,1-2H3/t11-/m0/s1. The summed E-state index contributed by atoms with van der Waals surface area (Å²) in [6.45, 7) is 2.48. The highest BCUT2D eigenvalue weighted by Gasteiger charge is 2.12. The second-order valence-corrected chi connectivity index (χ2v) is 4.14. The molecule has 88 valence electrons. The van der Waals surface area contributed by atoms with E-state index in [1.54, 1.807) is 18.9 Å². The van der Waals surface area contributed by atoms with Crippen LogP contribution < -0.4 is 5.73 Å². The quantitative estimate of drug-likeness (QED) is 0.816. The Morgan fingerprint density at radius 1 is 1.38 bits per heavy atom. The van der Waals surface area contributed by atoms with Gasteiger partial charge in [-0.25, -0.2) is 0 Å². The Morgan fingerprint density at radius 3 is 2.56 bits per heavy atom. The lowest BCUT2D eigenvalue weighted by atomic mass is 10.1. The van der Waals surface area contributed by atoms with Crippen LogP contribution in [0.3, 0.4) is 0 Å². The molecule has 1 rings (SSSR count). The largest absolute Gasteiger partial charge is 0.344 e. The van der Waals surface area contributed by atoms with E-state index in [9.17, 15) is 4.79 Å². The Hall–Kier alpha value is -1.35. The van der Waals surface area contributed by atoms with E-state index in [-0.39, 0.29) is 5.91 Å². The summed E-state index contributed by atoms with van der Waals surface area (Å²) < 4.78 is 0. The van der Waals surface area contributed by atoms with Crippen LogP contribution in [-0.4, -0.2) is 30.4 Å². The van der Waals surface area contributed by atoms with Crippen LogP contribution in [0.1, 0.15) is 18.9 Å². The fraction of sp³-hybridized carbons (Fsp3) is 0.462. The van der Waals surface area contributed by atoms with Crippen molar-refractivity contribution in [3.05, 3.63) is 35.9 Å². The van der Waals surface area contributed by atoms with Gasteiger partial charge in [0.15, 0.2) is 0 Å². The smallest absolute Gasteiger partial charge is 0.238 e. The normalized spacial score (nSPS) is 12.2. The summed E-state index contributed by atoms with van der Waals surface area (Å²) >= 11 is 0. The van der Waals surface area contributed by atoms with Crippen molar-refractivity contribution in [3.8, 4) is 0 Å². The Bertz CT molecular complexity index is 322. The number of nitrogens with two attached hydrogens (primary N) is 1. The van der Waals surface area contributed by atoms with Crippen molar-refractivity contribution < 1.29 is 4.79 Å². The molecule has 1 aromatic rings. The van der Waals surface area contributed by atoms with E-state index in [4.69, 9.17) is 5.73 Å². The molecule has 0 bridgehead atoms. The van der Waals surface area contributed by atoms with Crippen molar-refractivity contribution >= 4 is 5.91 Å². The highest BCUT2D eigenvalue weighted by Crippen LogP contribution is 2.03. The molecule has 0 saturated heterocycles. The van der Waals surface area contributed by atoms with E-state index >= 15 is 0 Å². The third-order valence-corrected chi connectivity index (χ3v) is 2.57. The lowest BCUT2D eigenvalue weighted by Gasteiger charge is -2.19. The predicted molar refractivity (Wildman–Crippen MR) is 66.0 cm³/mol. The SMILES string of the molecule is C[C@H](N)C(=O)N(C)CCCc1ccccc1. The Labute approximate surface area is 97.2 Å². The Balaban J connectivity index is 2.28. The monoisotopic (exact) mass is 220 g/mol. The molecule has 0 radical (unpaired) electrons. The molecule has 2 N–H and O–H groups in total. The summed E-state index contributed by atoms with van der Waals surface area (Å²) in [5.41, 5.74) is 6.84. The van der Waals surface area contributed by atoms with Crippen LogP contribution in [-0.2, 0) is 11.2 Å². The van der Waals surface area contributed by atoms with Gasteiger partial charge in [-0.15, -0.1) is 0 Å². The molecule has 3 heteroatoms. The van der Waals surface area contributed by atoms with Crippen LogP contribution >= 0.6 is 0 Å². The molecular weight excluding hydrogens is 200 g/mol. The van der Waals surface area contributed by atoms with Gasteiger partial charge in [0.25, 0.3) is 0 Å². The zero-order chi connectivity index (χ0) is 12.0. The second-order valence-electron chi connectivity index (χ2n) is 4.14. The molecular formula is C13H20N2O. The number of likely N-dealkylation sites (N-methyl/N-ethyl adjacent to an activating group) is 1.